The summed E-state index contributed by atoms with van der Waals surface area (Å²) in [6.45, 7) is 0.0533. The molecule has 0 aliphatic heterocycles. The number of aromatic nitrogens is 2. The number of ether oxygens (including phenoxy) is 2. The summed E-state index contributed by atoms with van der Waals surface area (Å²) in [4.78, 5) is 4.29. The van der Waals surface area contributed by atoms with Gasteiger partial charge in [0.25, 0.3) is 5.89 Å². The van der Waals surface area contributed by atoms with Gasteiger partial charge >= 0.3 is 0 Å². The maximum Gasteiger partial charge on any atom is 0.293 e. The van der Waals surface area contributed by atoms with Gasteiger partial charge in [0.05, 0.1) is 13.4 Å². The fourth-order valence-electron chi connectivity index (χ4n) is 2.56. The molecule has 2 aromatic carbocycles. The molecule has 4 rings (SSSR count). The van der Waals surface area contributed by atoms with Crippen molar-refractivity contribution in [3.05, 3.63) is 72.0 Å². The second-order valence-corrected chi connectivity index (χ2v) is 5.80. The number of benzene rings is 2. The Kier molecular flexibility index (Phi) is 4.76. The van der Waals surface area contributed by atoms with E-state index in [9.17, 15) is 8.78 Å². The molecule has 142 valence electrons. The van der Waals surface area contributed by atoms with Gasteiger partial charge in [-0.25, -0.2) is 8.78 Å². The molecule has 0 bridgehead atoms. The Morgan fingerprint density at radius 2 is 1.89 bits per heavy atom. The van der Waals surface area contributed by atoms with E-state index in [0.717, 1.165) is 12.1 Å². The fourth-order valence-corrected chi connectivity index (χ4v) is 2.56. The Labute approximate surface area is 158 Å². The molecule has 0 amide bonds. The van der Waals surface area contributed by atoms with Gasteiger partial charge in [0.1, 0.15) is 6.61 Å². The van der Waals surface area contributed by atoms with Gasteiger partial charge in [0, 0.05) is 5.56 Å². The van der Waals surface area contributed by atoms with E-state index in [1.165, 1.54) is 19.4 Å². The Morgan fingerprint density at radius 1 is 1.00 bits per heavy atom. The van der Waals surface area contributed by atoms with Crippen molar-refractivity contribution in [2.24, 2.45) is 0 Å². The highest BCUT2D eigenvalue weighted by atomic mass is 19.2. The topological polar surface area (TPSA) is 70.5 Å². The number of hydrogen-bond acceptors (Lipinski definition) is 6. The summed E-state index contributed by atoms with van der Waals surface area (Å²) in [5, 5.41) is 3.94. The minimum Gasteiger partial charge on any atom is -0.493 e. The van der Waals surface area contributed by atoms with E-state index in [-0.39, 0.29) is 12.5 Å². The van der Waals surface area contributed by atoms with E-state index < -0.39 is 11.6 Å². The van der Waals surface area contributed by atoms with Crippen LogP contribution in [0, 0.1) is 11.6 Å². The first-order valence-corrected chi connectivity index (χ1v) is 8.27. The third-order valence-corrected chi connectivity index (χ3v) is 3.96. The van der Waals surface area contributed by atoms with Crippen LogP contribution in [-0.4, -0.2) is 17.3 Å². The average Bonchev–Trinajstić information content (AvgIpc) is 3.40. The first-order chi connectivity index (χ1) is 13.6. The van der Waals surface area contributed by atoms with Crippen molar-refractivity contribution in [3.63, 3.8) is 0 Å². The molecular weight excluding hydrogens is 370 g/mol. The van der Waals surface area contributed by atoms with E-state index in [4.69, 9.17) is 18.4 Å². The average molecular weight is 384 g/mol. The highest BCUT2D eigenvalue weighted by Crippen LogP contribution is 2.33. The lowest BCUT2D eigenvalue weighted by Crippen LogP contribution is -1.99. The molecule has 0 saturated carbocycles. The summed E-state index contributed by atoms with van der Waals surface area (Å²) >= 11 is 0. The molecule has 0 spiro atoms. The number of furan rings is 1. The van der Waals surface area contributed by atoms with E-state index in [0.29, 0.717) is 34.2 Å². The van der Waals surface area contributed by atoms with Crippen LogP contribution in [0.4, 0.5) is 8.78 Å². The normalized spacial score (nSPS) is 10.8. The minimum absolute atomic E-state index is 0.0533. The standard InChI is InChI=1S/C20H14F2N2O4/c1-25-18-10-13(19-23-20(28-24-19)17-3-2-8-26-17)5-7-16(18)27-11-12-4-6-14(21)15(22)9-12/h2-10H,11H2,1H3. The molecule has 2 aromatic heterocycles. The van der Waals surface area contributed by atoms with Crippen LogP contribution in [0.2, 0.25) is 0 Å². The van der Waals surface area contributed by atoms with Crippen molar-refractivity contribution in [2.45, 2.75) is 6.61 Å². The van der Waals surface area contributed by atoms with Crippen LogP contribution >= 0.6 is 0 Å². The Morgan fingerprint density at radius 3 is 2.64 bits per heavy atom. The number of methoxy groups -OCH3 is 1. The van der Waals surface area contributed by atoms with Gasteiger partial charge in [-0.05, 0) is 48.0 Å². The van der Waals surface area contributed by atoms with Crippen LogP contribution in [0.5, 0.6) is 11.5 Å². The lowest BCUT2D eigenvalue weighted by atomic mass is 10.2. The van der Waals surface area contributed by atoms with E-state index in [1.54, 1.807) is 30.3 Å². The van der Waals surface area contributed by atoms with Crippen molar-refractivity contribution >= 4 is 0 Å². The van der Waals surface area contributed by atoms with Gasteiger partial charge in [-0.3, -0.25) is 0 Å². The number of halogens is 2. The molecule has 0 saturated heterocycles. The van der Waals surface area contributed by atoms with Gasteiger partial charge in [-0.1, -0.05) is 11.2 Å². The van der Waals surface area contributed by atoms with E-state index in [1.807, 2.05) is 0 Å². The number of hydrogen-bond donors (Lipinski definition) is 0. The summed E-state index contributed by atoms with van der Waals surface area (Å²) in [7, 11) is 1.49. The van der Waals surface area contributed by atoms with E-state index in [2.05, 4.69) is 10.1 Å². The maximum absolute atomic E-state index is 13.3. The Hall–Kier alpha value is -3.68. The second-order valence-electron chi connectivity index (χ2n) is 5.80. The zero-order valence-electron chi connectivity index (χ0n) is 14.7. The Bertz CT molecular complexity index is 1090. The Balaban J connectivity index is 1.53. The molecule has 0 aliphatic carbocycles. The largest absolute Gasteiger partial charge is 0.493 e. The minimum atomic E-state index is -0.923. The van der Waals surface area contributed by atoms with Crippen molar-refractivity contribution in [1.29, 1.82) is 0 Å². The molecule has 0 fully saturated rings. The molecule has 0 radical (unpaired) electrons. The molecule has 0 unspecified atom stereocenters. The SMILES string of the molecule is COc1cc(-c2noc(-c3ccco3)n2)ccc1OCc1ccc(F)c(F)c1. The molecule has 2 heterocycles. The molecule has 6 nitrogen and oxygen atoms in total. The highest BCUT2D eigenvalue weighted by molar-refractivity contribution is 5.62. The van der Waals surface area contributed by atoms with Crippen LogP contribution in [0.3, 0.4) is 0 Å². The maximum atomic E-state index is 13.3. The van der Waals surface area contributed by atoms with Crippen LogP contribution in [0.25, 0.3) is 23.0 Å². The monoisotopic (exact) mass is 384 g/mol. The summed E-state index contributed by atoms with van der Waals surface area (Å²) in [6, 6.07) is 12.1. The quantitative estimate of drug-likeness (QED) is 0.473. The predicted molar refractivity (Wildman–Crippen MR) is 94.7 cm³/mol. The van der Waals surface area contributed by atoms with Crippen molar-refractivity contribution < 1.29 is 27.2 Å². The summed E-state index contributed by atoms with van der Waals surface area (Å²) in [6.07, 6.45) is 1.52. The van der Waals surface area contributed by atoms with Crippen molar-refractivity contribution in [3.8, 4) is 34.5 Å². The molecule has 0 aliphatic rings. The smallest absolute Gasteiger partial charge is 0.293 e. The van der Waals surface area contributed by atoms with Gasteiger partial charge in [0.15, 0.2) is 28.9 Å². The zero-order chi connectivity index (χ0) is 19.5. The van der Waals surface area contributed by atoms with Crippen molar-refractivity contribution in [1.82, 2.24) is 10.1 Å². The first kappa shape index (κ1) is 17.7. The predicted octanol–water partition coefficient (Wildman–Crippen LogP) is 4.86. The van der Waals surface area contributed by atoms with Gasteiger partial charge in [-0.15, -0.1) is 0 Å². The third-order valence-electron chi connectivity index (χ3n) is 3.96. The summed E-state index contributed by atoms with van der Waals surface area (Å²) in [5.74, 6) is 0.134. The van der Waals surface area contributed by atoms with Gasteiger partial charge in [0.2, 0.25) is 5.82 Å². The summed E-state index contributed by atoms with van der Waals surface area (Å²) in [5.41, 5.74) is 1.14. The van der Waals surface area contributed by atoms with E-state index >= 15 is 0 Å². The molecular formula is C20H14F2N2O4. The lowest BCUT2D eigenvalue weighted by molar-refractivity contribution is 0.284. The third kappa shape index (κ3) is 3.57. The highest BCUT2D eigenvalue weighted by Gasteiger charge is 2.15. The zero-order valence-corrected chi connectivity index (χ0v) is 14.7. The number of rotatable bonds is 6. The van der Waals surface area contributed by atoms with Crippen LogP contribution in [-0.2, 0) is 6.61 Å². The van der Waals surface area contributed by atoms with Crippen molar-refractivity contribution in [2.75, 3.05) is 7.11 Å². The summed E-state index contributed by atoms with van der Waals surface area (Å²) < 4.78 is 47.8. The molecule has 0 atom stereocenters. The van der Waals surface area contributed by atoms with Crippen LogP contribution in [0.1, 0.15) is 5.56 Å². The lowest BCUT2D eigenvalue weighted by Gasteiger charge is -2.11. The molecule has 8 heteroatoms. The molecule has 0 N–H and O–H groups in total. The molecule has 28 heavy (non-hydrogen) atoms. The number of nitrogens with zero attached hydrogens (tertiary/aromatic N) is 2. The first-order valence-electron chi connectivity index (χ1n) is 8.27. The molecule has 4 aromatic rings. The fraction of sp³-hybridized carbons (Fsp3) is 0.100. The van der Waals surface area contributed by atoms with Crippen LogP contribution < -0.4 is 9.47 Å². The van der Waals surface area contributed by atoms with Gasteiger partial charge < -0.3 is 18.4 Å². The second kappa shape index (κ2) is 7.51. The van der Waals surface area contributed by atoms with Crippen LogP contribution in [0.15, 0.2) is 63.7 Å². The van der Waals surface area contributed by atoms with Gasteiger partial charge in [-0.2, -0.15) is 4.98 Å².